The van der Waals surface area contributed by atoms with Crippen molar-refractivity contribution < 1.29 is 4.79 Å². The molecule has 8 heteroatoms. The highest BCUT2D eigenvalue weighted by atomic mass is 32.2. The van der Waals surface area contributed by atoms with Gasteiger partial charge in [0, 0.05) is 25.0 Å². The maximum atomic E-state index is 13.3. The van der Waals surface area contributed by atoms with Gasteiger partial charge in [-0.2, -0.15) is 0 Å². The van der Waals surface area contributed by atoms with Gasteiger partial charge in [-0.25, -0.2) is 14.8 Å². The molecule has 4 rings (SSSR count). The van der Waals surface area contributed by atoms with Gasteiger partial charge in [-0.05, 0) is 36.3 Å². The fourth-order valence-corrected chi connectivity index (χ4v) is 4.74. The summed E-state index contributed by atoms with van der Waals surface area (Å²) >= 11 is 1.48. The molecule has 1 fully saturated rings. The quantitative estimate of drug-likeness (QED) is 0.240. The summed E-state index contributed by atoms with van der Waals surface area (Å²) in [5, 5.41) is 7.17. The Kier molecular flexibility index (Phi) is 8.21. The Bertz CT molecular complexity index is 1120. The summed E-state index contributed by atoms with van der Waals surface area (Å²) in [4.78, 5) is 26.0. The average molecular weight is 475 g/mol. The molecule has 0 bridgehead atoms. The number of nitrogens with one attached hydrogen (secondary N) is 2. The highest BCUT2D eigenvalue weighted by molar-refractivity contribution is 7.98. The summed E-state index contributed by atoms with van der Waals surface area (Å²) in [6.45, 7) is 7.52. The minimum Gasteiger partial charge on any atom is -0.358 e. The highest BCUT2D eigenvalue weighted by Gasteiger charge is 2.25. The standard InChI is InChI=1S/C26H30N6OS/c1-27-21-12-10-20(11-13-21)18-28-25(33)22(16-19-8-4-3-5-9-19)29-23-17-24(31-26(30-23)34-2)32-14-6-7-15-32/h6-7,10-15,17,19,22H,3-5,8-9,16,18H2,2H3,(H,28,33)(H,29,30,31). The number of aromatic nitrogens is 3. The minimum atomic E-state index is -0.382. The van der Waals surface area contributed by atoms with Crippen LogP contribution in [-0.2, 0) is 11.3 Å². The zero-order chi connectivity index (χ0) is 23.8. The molecular formula is C26H30N6OS. The largest absolute Gasteiger partial charge is 0.358 e. The Morgan fingerprint density at radius 3 is 2.59 bits per heavy atom. The van der Waals surface area contributed by atoms with Crippen molar-refractivity contribution in [3.8, 4) is 5.82 Å². The van der Waals surface area contributed by atoms with Gasteiger partial charge in [0.25, 0.3) is 0 Å². The van der Waals surface area contributed by atoms with Crippen LogP contribution in [0.5, 0.6) is 0 Å². The van der Waals surface area contributed by atoms with Crippen LogP contribution in [0.4, 0.5) is 11.5 Å². The van der Waals surface area contributed by atoms with Crippen LogP contribution in [-0.4, -0.2) is 32.7 Å². The molecule has 0 aliphatic heterocycles. The lowest BCUT2D eigenvalue weighted by Gasteiger charge is -2.27. The van der Waals surface area contributed by atoms with Gasteiger partial charge in [0.2, 0.25) is 5.91 Å². The van der Waals surface area contributed by atoms with E-state index in [4.69, 9.17) is 6.57 Å². The zero-order valence-corrected chi connectivity index (χ0v) is 20.2. The van der Waals surface area contributed by atoms with Gasteiger partial charge in [-0.15, -0.1) is 0 Å². The monoisotopic (exact) mass is 474 g/mol. The van der Waals surface area contributed by atoms with Crippen molar-refractivity contribution in [3.05, 3.63) is 71.8 Å². The Morgan fingerprint density at radius 1 is 1.18 bits per heavy atom. The Balaban J connectivity index is 1.51. The molecule has 0 saturated heterocycles. The van der Waals surface area contributed by atoms with E-state index in [0.717, 1.165) is 30.6 Å². The van der Waals surface area contributed by atoms with Gasteiger partial charge >= 0.3 is 0 Å². The Labute approximate surface area is 205 Å². The first-order chi connectivity index (χ1) is 16.6. The summed E-state index contributed by atoms with van der Waals surface area (Å²) in [5.41, 5.74) is 1.57. The molecule has 7 nitrogen and oxygen atoms in total. The number of carbonyl (C=O) groups is 1. The normalized spacial score (nSPS) is 14.8. The van der Waals surface area contributed by atoms with Crippen LogP contribution in [0.2, 0.25) is 0 Å². The van der Waals surface area contributed by atoms with Crippen LogP contribution in [0.25, 0.3) is 10.7 Å². The Hall–Kier alpha value is -3.31. The van der Waals surface area contributed by atoms with Crippen molar-refractivity contribution in [2.24, 2.45) is 5.92 Å². The van der Waals surface area contributed by atoms with E-state index in [1.807, 2.05) is 53.5 Å². The molecular weight excluding hydrogens is 444 g/mol. The van der Waals surface area contributed by atoms with Crippen LogP contribution in [0.1, 0.15) is 44.1 Å². The smallest absolute Gasteiger partial charge is 0.242 e. The van der Waals surface area contributed by atoms with Gasteiger partial charge in [0.15, 0.2) is 10.8 Å². The van der Waals surface area contributed by atoms with E-state index < -0.39 is 0 Å². The molecule has 1 aromatic carbocycles. The minimum absolute atomic E-state index is 0.0355. The summed E-state index contributed by atoms with van der Waals surface area (Å²) < 4.78 is 1.94. The third-order valence-corrected chi connectivity index (χ3v) is 6.76. The van der Waals surface area contributed by atoms with E-state index in [1.54, 1.807) is 12.1 Å². The second kappa shape index (κ2) is 11.7. The zero-order valence-electron chi connectivity index (χ0n) is 19.4. The molecule has 1 amide bonds. The van der Waals surface area contributed by atoms with E-state index in [-0.39, 0.29) is 11.9 Å². The van der Waals surface area contributed by atoms with Crippen molar-refractivity contribution in [3.63, 3.8) is 0 Å². The molecule has 1 aliphatic rings. The number of hydrogen-bond acceptors (Lipinski definition) is 5. The Morgan fingerprint density at radius 2 is 1.91 bits per heavy atom. The molecule has 1 unspecified atom stereocenters. The third-order valence-electron chi connectivity index (χ3n) is 6.21. The molecule has 0 radical (unpaired) electrons. The lowest BCUT2D eigenvalue weighted by molar-refractivity contribution is -0.122. The number of benzene rings is 1. The molecule has 3 aromatic rings. The van der Waals surface area contributed by atoms with Gasteiger partial charge in [-0.3, -0.25) is 4.79 Å². The molecule has 2 N–H and O–H groups in total. The maximum absolute atomic E-state index is 13.3. The first kappa shape index (κ1) is 23.8. The molecule has 176 valence electrons. The number of rotatable bonds is 9. The first-order valence-electron chi connectivity index (χ1n) is 11.7. The van der Waals surface area contributed by atoms with E-state index >= 15 is 0 Å². The van der Waals surface area contributed by atoms with Gasteiger partial charge in [0.1, 0.15) is 17.7 Å². The van der Waals surface area contributed by atoms with Crippen molar-refractivity contribution in [1.82, 2.24) is 19.9 Å². The molecule has 2 heterocycles. The number of hydrogen-bond donors (Lipinski definition) is 2. The van der Waals surface area contributed by atoms with Crippen LogP contribution >= 0.6 is 11.8 Å². The highest BCUT2D eigenvalue weighted by Crippen LogP contribution is 2.28. The van der Waals surface area contributed by atoms with Gasteiger partial charge in [-0.1, -0.05) is 68.1 Å². The molecule has 1 atom stereocenters. The third kappa shape index (κ3) is 6.39. The molecule has 34 heavy (non-hydrogen) atoms. The van der Waals surface area contributed by atoms with Crippen LogP contribution < -0.4 is 10.6 Å². The van der Waals surface area contributed by atoms with Crippen molar-refractivity contribution >= 4 is 29.2 Å². The van der Waals surface area contributed by atoms with Crippen molar-refractivity contribution in [2.45, 2.75) is 56.3 Å². The number of nitrogens with zero attached hydrogens (tertiary/aromatic N) is 4. The number of anilines is 1. The SMILES string of the molecule is [C-]#[N+]c1ccc(CNC(=O)C(CC2CCCCC2)Nc2cc(-n3cccc3)nc(SC)n2)cc1. The summed E-state index contributed by atoms with van der Waals surface area (Å²) in [5.74, 6) is 1.91. The predicted octanol–water partition coefficient (Wildman–Crippen LogP) is 5.61. The van der Waals surface area contributed by atoms with E-state index in [0.29, 0.717) is 29.1 Å². The summed E-state index contributed by atoms with van der Waals surface area (Å²) in [6.07, 6.45) is 12.7. The summed E-state index contributed by atoms with van der Waals surface area (Å²) in [6, 6.07) is 12.7. The fraction of sp³-hybridized carbons (Fsp3) is 0.385. The topological polar surface area (TPSA) is 76.2 Å². The second-order valence-corrected chi connectivity index (χ2v) is 9.39. The van der Waals surface area contributed by atoms with Crippen molar-refractivity contribution in [1.29, 1.82) is 0 Å². The predicted molar refractivity (Wildman–Crippen MR) is 136 cm³/mol. The first-order valence-corrected chi connectivity index (χ1v) is 12.9. The molecule has 2 aromatic heterocycles. The lowest BCUT2D eigenvalue weighted by Crippen LogP contribution is -2.41. The number of carbonyl (C=O) groups excluding carboxylic acids is 1. The van der Waals surface area contributed by atoms with Gasteiger partial charge in [0.05, 0.1) is 6.57 Å². The maximum Gasteiger partial charge on any atom is 0.242 e. The van der Waals surface area contributed by atoms with Crippen LogP contribution in [0.3, 0.4) is 0 Å². The summed E-state index contributed by atoms with van der Waals surface area (Å²) in [7, 11) is 0. The average Bonchev–Trinajstić information content (AvgIpc) is 3.43. The number of amides is 1. The lowest BCUT2D eigenvalue weighted by atomic mass is 9.84. The van der Waals surface area contributed by atoms with E-state index in [2.05, 4.69) is 25.4 Å². The van der Waals surface area contributed by atoms with Gasteiger partial charge < -0.3 is 15.2 Å². The van der Waals surface area contributed by atoms with Crippen LogP contribution in [0.15, 0.2) is 60.0 Å². The molecule has 1 saturated carbocycles. The molecule has 0 spiro atoms. The van der Waals surface area contributed by atoms with E-state index in [9.17, 15) is 4.79 Å². The van der Waals surface area contributed by atoms with Crippen LogP contribution in [0, 0.1) is 12.5 Å². The number of thioether (sulfide) groups is 1. The fourth-order valence-electron chi connectivity index (χ4n) is 4.36. The second-order valence-electron chi connectivity index (χ2n) is 8.62. The van der Waals surface area contributed by atoms with E-state index in [1.165, 1.54) is 31.0 Å². The molecule has 1 aliphatic carbocycles. The van der Waals surface area contributed by atoms with Crippen molar-refractivity contribution in [2.75, 3.05) is 11.6 Å².